The molecule has 0 aliphatic carbocycles. The van der Waals surface area contributed by atoms with E-state index < -0.39 is 29.8 Å². The van der Waals surface area contributed by atoms with Gasteiger partial charge in [0.25, 0.3) is 0 Å². The molecule has 0 saturated carbocycles. The molecule has 35 heavy (non-hydrogen) atoms. The number of phenolic OH excluding ortho intramolecular Hbond substituents is 1. The maximum absolute atomic E-state index is 13.3. The predicted octanol–water partition coefficient (Wildman–Crippen LogP) is 5.17. The highest BCUT2D eigenvalue weighted by molar-refractivity contribution is 6.11. The van der Waals surface area contributed by atoms with Crippen LogP contribution < -0.4 is 10.6 Å². The molecule has 3 rings (SSSR count). The molecule has 7 nitrogen and oxygen atoms in total. The minimum absolute atomic E-state index is 0.0493. The van der Waals surface area contributed by atoms with Crippen LogP contribution in [-0.2, 0) is 20.7 Å². The molecule has 0 aliphatic rings. The third-order valence-electron chi connectivity index (χ3n) is 5.54. The van der Waals surface area contributed by atoms with E-state index in [1.54, 1.807) is 36.4 Å². The average Bonchev–Trinajstić information content (AvgIpc) is 2.86. The summed E-state index contributed by atoms with van der Waals surface area (Å²) in [6, 6.07) is 21.7. The van der Waals surface area contributed by atoms with Crippen molar-refractivity contribution in [2.75, 3.05) is 10.6 Å². The number of benzene rings is 3. The quantitative estimate of drug-likeness (QED) is 0.214. The van der Waals surface area contributed by atoms with Gasteiger partial charge in [-0.05, 0) is 66.9 Å². The lowest BCUT2D eigenvalue weighted by Gasteiger charge is -2.26. The van der Waals surface area contributed by atoms with Crippen LogP contribution in [0.1, 0.15) is 42.6 Å². The first-order chi connectivity index (χ1) is 16.9. The molecule has 0 bridgehead atoms. The minimum Gasteiger partial charge on any atom is -0.508 e. The van der Waals surface area contributed by atoms with E-state index in [1.165, 1.54) is 24.3 Å². The number of hydrogen-bond donors (Lipinski definition) is 3. The van der Waals surface area contributed by atoms with E-state index in [1.807, 2.05) is 32.0 Å². The Morgan fingerprint density at radius 2 is 1.37 bits per heavy atom. The van der Waals surface area contributed by atoms with Gasteiger partial charge >= 0.3 is 5.97 Å². The Balaban J connectivity index is 1.87. The third-order valence-corrected chi connectivity index (χ3v) is 5.54. The molecule has 3 aromatic rings. The second-order valence-corrected chi connectivity index (χ2v) is 8.15. The third kappa shape index (κ3) is 7.17. The molecule has 0 radical (unpaired) electrons. The van der Waals surface area contributed by atoms with Crippen LogP contribution in [0.25, 0.3) is 0 Å². The number of carbonyl (C=O) groups excluding carboxylic acids is 3. The molecular formula is C28H30N2O5. The van der Waals surface area contributed by atoms with Crippen LogP contribution in [0.5, 0.6) is 5.75 Å². The summed E-state index contributed by atoms with van der Waals surface area (Å²) in [5, 5.41) is 15.0. The zero-order valence-corrected chi connectivity index (χ0v) is 19.9. The van der Waals surface area contributed by atoms with Gasteiger partial charge in [-0.15, -0.1) is 0 Å². The number of rotatable bonds is 10. The van der Waals surface area contributed by atoms with Crippen LogP contribution in [0, 0.1) is 5.92 Å². The number of carbonyl (C=O) groups is 3. The lowest BCUT2D eigenvalue weighted by atomic mass is 9.95. The molecule has 2 amide bonds. The Morgan fingerprint density at radius 3 is 1.91 bits per heavy atom. The maximum atomic E-state index is 13.3. The van der Waals surface area contributed by atoms with Gasteiger partial charge in [-0.1, -0.05) is 50.6 Å². The number of amides is 2. The van der Waals surface area contributed by atoms with Gasteiger partial charge in [0.2, 0.25) is 11.8 Å². The van der Waals surface area contributed by atoms with Crippen molar-refractivity contribution >= 4 is 29.2 Å². The van der Waals surface area contributed by atoms with E-state index >= 15 is 0 Å². The van der Waals surface area contributed by atoms with Gasteiger partial charge in [-0.3, -0.25) is 9.59 Å². The second-order valence-electron chi connectivity index (χ2n) is 8.15. The molecule has 3 N–H and O–H groups in total. The van der Waals surface area contributed by atoms with Crippen molar-refractivity contribution in [2.24, 2.45) is 5.92 Å². The molecule has 2 unspecified atom stereocenters. The first-order valence-corrected chi connectivity index (χ1v) is 11.7. The predicted molar refractivity (Wildman–Crippen MR) is 135 cm³/mol. The summed E-state index contributed by atoms with van der Waals surface area (Å²) in [7, 11) is 0. The van der Waals surface area contributed by atoms with Crippen molar-refractivity contribution in [3.05, 3.63) is 90.0 Å². The Kier molecular flexibility index (Phi) is 9.01. The molecule has 0 aliphatic heterocycles. The number of phenols is 1. The monoisotopic (exact) mass is 474 g/mol. The minimum atomic E-state index is -1.30. The number of ether oxygens (including phenoxy) is 1. The Bertz CT molecular complexity index is 1130. The lowest BCUT2D eigenvalue weighted by molar-refractivity contribution is -0.134. The number of aryl methyl sites for hydroxylation is 1. The van der Waals surface area contributed by atoms with Crippen LogP contribution in [0.3, 0.4) is 0 Å². The molecule has 0 aromatic heterocycles. The van der Waals surface area contributed by atoms with E-state index in [0.717, 1.165) is 12.0 Å². The number of anilines is 2. The average molecular weight is 475 g/mol. The van der Waals surface area contributed by atoms with Crippen molar-refractivity contribution in [1.29, 1.82) is 0 Å². The summed E-state index contributed by atoms with van der Waals surface area (Å²) in [6.45, 7) is 3.91. The van der Waals surface area contributed by atoms with Crippen LogP contribution in [-0.4, -0.2) is 29.0 Å². The molecule has 0 saturated heterocycles. The lowest BCUT2D eigenvalue weighted by Crippen LogP contribution is -2.44. The summed E-state index contributed by atoms with van der Waals surface area (Å²) in [5.74, 6) is -3.05. The molecule has 2 atom stereocenters. The Hall–Kier alpha value is -4.13. The molecular weight excluding hydrogens is 444 g/mol. The topological polar surface area (TPSA) is 105 Å². The van der Waals surface area contributed by atoms with Crippen molar-refractivity contribution in [3.63, 3.8) is 0 Å². The SMILES string of the molecule is CCCC(OC(=O)c1ccc(CC)cc1)C(C(=O)Nc1ccccc1)C(=O)Nc1ccc(O)cc1. The van der Waals surface area contributed by atoms with Crippen molar-refractivity contribution in [2.45, 2.75) is 39.2 Å². The highest BCUT2D eigenvalue weighted by Crippen LogP contribution is 2.22. The standard InChI is InChI=1S/C28H30N2O5/c1-3-8-24(35-28(34)20-13-11-19(4-2)12-14-20)25(26(32)29-21-9-6-5-7-10-21)27(33)30-22-15-17-23(31)18-16-22/h5-7,9-18,24-25,31H,3-4,8H2,1-2H3,(H,29,32)(H,30,33). The number of nitrogens with one attached hydrogen (secondary N) is 2. The van der Waals surface area contributed by atoms with E-state index in [-0.39, 0.29) is 5.75 Å². The van der Waals surface area contributed by atoms with Crippen LogP contribution >= 0.6 is 0 Å². The fourth-order valence-electron chi connectivity index (χ4n) is 3.62. The highest BCUT2D eigenvalue weighted by Gasteiger charge is 2.37. The van der Waals surface area contributed by atoms with Crippen molar-refractivity contribution < 1.29 is 24.2 Å². The van der Waals surface area contributed by atoms with Gasteiger partial charge in [0, 0.05) is 11.4 Å². The van der Waals surface area contributed by atoms with Crippen LogP contribution in [0.4, 0.5) is 11.4 Å². The van der Waals surface area contributed by atoms with Gasteiger partial charge in [-0.2, -0.15) is 0 Å². The summed E-state index contributed by atoms with van der Waals surface area (Å²) in [5.41, 5.74) is 2.36. The second kappa shape index (κ2) is 12.4. The van der Waals surface area contributed by atoms with Gasteiger partial charge < -0.3 is 20.5 Å². The highest BCUT2D eigenvalue weighted by atomic mass is 16.5. The zero-order valence-electron chi connectivity index (χ0n) is 19.9. The molecule has 182 valence electrons. The number of aromatic hydroxyl groups is 1. The fourth-order valence-corrected chi connectivity index (χ4v) is 3.62. The summed E-state index contributed by atoms with van der Waals surface area (Å²) >= 11 is 0. The van der Waals surface area contributed by atoms with Gasteiger partial charge in [0.15, 0.2) is 5.92 Å². The van der Waals surface area contributed by atoms with Gasteiger partial charge in [-0.25, -0.2) is 4.79 Å². The molecule has 0 spiro atoms. The number of para-hydroxylation sites is 1. The normalized spacial score (nSPS) is 12.3. The van der Waals surface area contributed by atoms with Crippen molar-refractivity contribution in [1.82, 2.24) is 0 Å². The maximum Gasteiger partial charge on any atom is 0.338 e. The van der Waals surface area contributed by atoms with E-state index in [9.17, 15) is 19.5 Å². The smallest absolute Gasteiger partial charge is 0.338 e. The van der Waals surface area contributed by atoms with E-state index in [2.05, 4.69) is 10.6 Å². The number of hydrogen-bond acceptors (Lipinski definition) is 5. The molecule has 7 heteroatoms. The zero-order chi connectivity index (χ0) is 25.2. The fraction of sp³-hybridized carbons (Fsp3) is 0.250. The summed E-state index contributed by atoms with van der Waals surface area (Å²) in [6.07, 6.45) is 0.759. The first-order valence-electron chi connectivity index (χ1n) is 11.7. The molecule has 0 fully saturated rings. The molecule has 0 heterocycles. The summed E-state index contributed by atoms with van der Waals surface area (Å²) < 4.78 is 5.75. The van der Waals surface area contributed by atoms with Crippen LogP contribution in [0.2, 0.25) is 0 Å². The van der Waals surface area contributed by atoms with E-state index in [4.69, 9.17) is 4.74 Å². The molecule has 3 aromatic carbocycles. The largest absolute Gasteiger partial charge is 0.508 e. The number of esters is 1. The van der Waals surface area contributed by atoms with Gasteiger partial charge in [0.1, 0.15) is 11.9 Å². The van der Waals surface area contributed by atoms with Gasteiger partial charge in [0.05, 0.1) is 5.56 Å². The first kappa shape index (κ1) is 25.5. The Labute approximate surface area is 205 Å². The summed E-state index contributed by atoms with van der Waals surface area (Å²) in [4.78, 5) is 39.6. The Morgan fingerprint density at radius 1 is 0.800 bits per heavy atom. The van der Waals surface area contributed by atoms with Crippen LogP contribution in [0.15, 0.2) is 78.9 Å². The van der Waals surface area contributed by atoms with Crippen molar-refractivity contribution in [3.8, 4) is 5.75 Å². The van der Waals surface area contributed by atoms with E-state index in [0.29, 0.717) is 29.8 Å².